The Hall–Kier alpha value is -2.81. The van der Waals surface area contributed by atoms with Crippen molar-refractivity contribution in [2.24, 2.45) is 0 Å². The predicted octanol–water partition coefficient (Wildman–Crippen LogP) is 5.10. The molecule has 1 N–H and O–H groups in total. The number of hydrogen-bond acceptors (Lipinski definition) is 2. The molecule has 134 valence electrons. The molecule has 1 amide bonds. The summed E-state index contributed by atoms with van der Waals surface area (Å²) in [7, 11) is 0. The van der Waals surface area contributed by atoms with Crippen LogP contribution in [0.3, 0.4) is 0 Å². The minimum absolute atomic E-state index is 0.0691. The zero-order valence-corrected chi connectivity index (χ0v) is 15.7. The molecule has 3 aromatic rings. The van der Waals surface area contributed by atoms with E-state index in [-0.39, 0.29) is 11.9 Å². The Morgan fingerprint density at radius 3 is 2.42 bits per heavy atom. The molecule has 0 spiro atoms. The Morgan fingerprint density at radius 1 is 0.923 bits per heavy atom. The second-order valence-electron chi connectivity index (χ2n) is 6.81. The summed E-state index contributed by atoms with van der Waals surface area (Å²) in [6.45, 7) is 7.94. The standard InChI is InChI=1S/C23H25NO2/c1-15-12-13-20(14-16(15)2)17(3)24-23(25)18(4)26-22-11-7-9-19-8-5-6-10-21(19)22/h5-14,17-18H,1-4H3,(H,24,25)/t17-,18+/m1/s1. The Morgan fingerprint density at radius 2 is 1.65 bits per heavy atom. The van der Waals surface area contributed by atoms with Crippen LogP contribution in [0.15, 0.2) is 60.7 Å². The fourth-order valence-corrected chi connectivity index (χ4v) is 2.99. The molecule has 0 saturated carbocycles. The number of benzene rings is 3. The highest BCUT2D eigenvalue weighted by Crippen LogP contribution is 2.26. The number of nitrogens with one attached hydrogen (secondary N) is 1. The second kappa shape index (κ2) is 7.61. The summed E-state index contributed by atoms with van der Waals surface area (Å²) < 4.78 is 5.96. The van der Waals surface area contributed by atoms with Crippen molar-refractivity contribution in [1.82, 2.24) is 5.32 Å². The molecule has 0 saturated heterocycles. The fraction of sp³-hybridized carbons (Fsp3) is 0.261. The van der Waals surface area contributed by atoms with Gasteiger partial charge in [-0.05, 0) is 55.8 Å². The number of carbonyl (C=O) groups is 1. The fourth-order valence-electron chi connectivity index (χ4n) is 2.99. The van der Waals surface area contributed by atoms with Gasteiger partial charge in [0.15, 0.2) is 6.10 Å². The number of fused-ring (bicyclic) bond motifs is 1. The van der Waals surface area contributed by atoms with Gasteiger partial charge < -0.3 is 10.1 Å². The summed E-state index contributed by atoms with van der Waals surface area (Å²) in [6.07, 6.45) is -0.574. The Kier molecular flexibility index (Phi) is 5.27. The monoisotopic (exact) mass is 347 g/mol. The van der Waals surface area contributed by atoms with Gasteiger partial charge in [-0.3, -0.25) is 4.79 Å². The van der Waals surface area contributed by atoms with Crippen molar-refractivity contribution in [2.75, 3.05) is 0 Å². The van der Waals surface area contributed by atoms with Crippen molar-refractivity contribution >= 4 is 16.7 Å². The first-order valence-corrected chi connectivity index (χ1v) is 8.97. The van der Waals surface area contributed by atoms with Gasteiger partial charge in [0.2, 0.25) is 0 Å². The molecule has 26 heavy (non-hydrogen) atoms. The zero-order valence-electron chi connectivity index (χ0n) is 15.7. The van der Waals surface area contributed by atoms with Gasteiger partial charge in [-0.2, -0.15) is 0 Å². The molecule has 3 nitrogen and oxygen atoms in total. The third-order valence-corrected chi connectivity index (χ3v) is 4.81. The molecule has 0 aromatic heterocycles. The van der Waals surface area contributed by atoms with Crippen LogP contribution in [0.2, 0.25) is 0 Å². The van der Waals surface area contributed by atoms with Gasteiger partial charge in [0.25, 0.3) is 5.91 Å². The van der Waals surface area contributed by atoms with E-state index in [4.69, 9.17) is 4.74 Å². The summed E-state index contributed by atoms with van der Waals surface area (Å²) in [5.41, 5.74) is 3.57. The van der Waals surface area contributed by atoms with Gasteiger partial charge in [0.05, 0.1) is 6.04 Å². The van der Waals surface area contributed by atoms with E-state index in [0.717, 1.165) is 22.1 Å². The molecular weight excluding hydrogens is 322 g/mol. The SMILES string of the molecule is Cc1ccc([C@@H](C)NC(=O)[C@H](C)Oc2cccc3ccccc23)cc1C. The lowest BCUT2D eigenvalue weighted by molar-refractivity contribution is -0.127. The second-order valence-corrected chi connectivity index (χ2v) is 6.81. The van der Waals surface area contributed by atoms with E-state index in [0.29, 0.717) is 0 Å². The van der Waals surface area contributed by atoms with Crippen molar-refractivity contribution in [3.63, 3.8) is 0 Å². The molecule has 0 aliphatic heterocycles. The minimum atomic E-state index is -0.574. The molecule has 0 unspecified atom stereocenters. The van der Waals surface area contributed by atoms with Crippen molar-refractivity contribution in [1.29, 1.82) is 0 Å². The van der Waals surface area contributed by atoms with E-state index in [1.165, 1.54) is 11.1 Å². The van der Waals surface area contributed by atoms with Crippen molar-refractivity contribution < 1.29 is 9.53 Å². The van der Waals surface area contributed by atoms with Gasteiger partial charge in [-0.15, -0.1) is 0 Å². The maximum absolute atomic E-state index is 12.6. The van der Waals surface area contributed by atoms with Crippen LogP contribution in [0.5, 0.6) is 5.75 Å². The lowest BCUT2D eigenvalue weighted by Gasteiger charge is -2.20. The van der Waals surface area contributed by atoms with Gasteiger partial charge in [-0.25, -0.2) is 0 Å². The van der Waals surface area contributed by atoms with Crippen LogP contribution in [-0.2, 0) is 4.79 Å². The summed E-state index contributed by atoms with van der Waals surface area (Å²) >= 11 is 0. The van der Waals surface area contributed by atoms with E-state index in [9.17, 15) is 4.79 Å². The molecular formula is C23H25NO2. The quantitative estimate of drug-likeness (QED) is 0.697. The van der Waals surface area contributed by atoms with Crippen LogP contribution in [0.4, 0.5) is 0 Å². The molecule has 2 atom stereocenters. The first kappa shape index (κ1) is 18.0. The molecule has 0 aliphatic rings. The van der Waals surface area contributed by atoms with Gasteiger partial charge in [0, 0.05) is 5.39 Å². The average Bonchev–Trinajstić information content (AvgIpc) is 2.64. The summed E-state index contributed by atoms with van der Waals surface area (Å²) in [5.74, 6) is 0.605. The first-order valence-electron chi connectivity index (χ1n) is 8.97. The highest BCUT2D eigenvalue weighted by molar-refractivity contribution is 5.89. The minimum Gasteiger partial charge on any atom is -0.480 e. The van der Waals surface area contributed by atoms with Crippen LogP contribution in [-0.4, -0.2) is 12.0 Å². The lowest BCUT2D eigenvalue weighted by Crippen LogP contribution is -2.37. The van der Waals surface area contributed by atoms with E-state index < -0.39 is 6.10 Å². The lowest BCUT2D eigenvalue weighted by atomic mass is 10.0. The maximum atomic E-state index is 12.6. The molecule has 0 fully saturated rings. The van der Waals surface area contributed by atoms with E-state index in [1.807, 2.05) is 49.4 Å². The molecule has 0 radical (unpaired) electrons. The number of amides is 1. The molecule has 0 aliphatic carbocycles. The van der Waals surface area contributed by atoms with Crippen molar-refractivity contribution in [3.8, 4) is 5.75 Å². The largest absolute Gasteiger partial charge is 0.480 e. The highest BCUT2D eigenvalue weighted by Gasteiger charge is 2.18. The van der Waals surface area contributed by atoms with Crippen molar-refractivity contribution in [3.05, 3.63) is 77.4 Å². The van der Waals surface area contributed by atoms with Crippen LogP contribution < -0.4 is 10.1 Å². The van der Waals surface area contributed by atoms with Gasteiger partial charge in [-0.1, -0.05) is 54.6 Å². The molecule has 0 heterocycles. The maximum Gasteiger partial charge on any atom is 0.261 e. The predicted molar refractivity (Wildman–Crippen MR) is 107 cm³/mol. The first-order chi connectivity index (χ1) is 12.5. The summed E-state index contributed by atoms with van der Waals surface area (Å²) in [6, 6.07) is 20.1. The van der Waals surface area contributed by atoms with E-state index in [1.54, 1.807) is 6.92 Å². The third-order valence-electron chi connectivity index (χ3n) is 4.81. The molecule has 0 bridgehead atoms. The number of rotatable bonds is 5. The van der Waals surface area contributed by atoms with Gasteiger partial charge in [0.1, 0.15) is 5.75 Å². The van der Waals surface area contributed by atoms with Crippen LogP contribution in [0, 0.1) is 13.8 Å². The number of hydrogen-bond donors (Lipinski definition) is 1. The number of carbonyl (C=O) groups excluding carboxylic acids is 1. The average molecular weight is 347 g/mol. The van der Waals surface area contributed by atoms with Gasteiger partial charge >= 0.3 is 0 Å². The third kappa shape index (κ3) is 3.88. The number of aryl methyl sites for hydroxylation is 2. The van der Waals surface area contributed by atoms with E-state index >= 15 is 0 Å². The zero-order chi connectivity index (χ0) is 18.7. The topological polar surface area (TPSA) is 38.3 Å². The Balaban J connectivity index is 1.70. The summed E-state index contributed by atoms with van der Waals surface area (Å²) in [5, 5.41) is 5.16. The van der Waals surface area contributed by atoms with Crippen LogP contribution in [0.1, 0.15) is 36.6 Å². The molecule has 3 rings (SSSR count). The normalized spacial score (nSPS) is 13.2. The smallest absolute Gasteiger partial charge is 0.261 e. The molecule has 3 heteroatoms. The van der Waals surface area contributed by atoms with Crippen LogP contribution >= 0.6 is 0 Å². The van der Waals surface area contributed by atoms with Crippen molar-refractivity contribution in [2.45, 2.75) is 39.8 Å². The highest BCUT2D eigenvalue weighted by atomic mass is 16.5. The van der Waals surface area contributed by atoms with Crippen LogP contribution in [0.25, 0.3) is 10.8 Å². The Labute approximate surface area is 155 Å². The molecule has 3 aromatic carbocycles. The van der Waals surface area contributed by atoms with E-state index in [2.05, 4.69) is 37.4 Å². The number of ether oxygens (including phenoxy) is 1. The summed E-state index contributed by atoms with van der Waals surface area (Å²) in [4.78, 5) is 12.6. The Bertz CT molecular complexity index is 927.